The van der Waals surface area contributed by atoms with Crippen molar-refractivity contribution in [3.63, 3.8) is 0 Å². The Labute approximate surface area is 186 Å². The van der Waals surface area contributed by atoms with Crippen LogP contribution in [0.5, 0.6) is 0 Å². The van der Waals surface area contributed by atoms with E-state index in [9.17, 15) is 0 Å². The number of fused-ring (bicyclic) bond motifs is 3. The summed E-state index contributed by atoms with van der Waals surface area (Å²) in [6.45, 7) is 4.33. The molecule has 2 nitrogen and oxygen atoms in total. The van der Waals surface area contributed by atoms with Gasteiger partial charge in [0.05, 0.1) is 12.3 Å². The molecule has 0 aliphatic heterocycles. The molecule has 1 fully saturated rings. The molecule has 2 heteroatoms. The smallest absolute Gasteiger partial charge is 0.220 e. The van der Waals surface area contributed by atoms with Crippen molar-refractivity contribution in [3.8, 4) is 22.4 Å². The minimum atomic E-state index is 0.603. The Morgan fingerprint density at radius 1 is 0.935 bits per heavy atom. The third kappa shape index (κ3) is 2.92. The fourth-order valence-electron chi connectivity index (χ4n) is 5.94. The van der Waals surface area contributed by atoms with Gasteiger partial charge in [0.2, 0.25) is 5.69 Å². The maximum Gasteiger partial charge on any atom is 0.220 e. The molecule has 0 N–H and O–H groups in total. The highest BCUT2D eigenvalue weighted by Gasteiger charge is 2.34. The van der Waals surface area contributed by atoms with Crippen molar-refractivity contribution in [2.24, 2.45) is 7.05 Å². The van der Waals surface area contributed by atoms with Crippen molar-refractivity contribution in [2.75, 3.05) is 0 Å². The second-order valence-corrected chi connectivity index (χ2v) is 9.46. The van der Waals surface area contributed by atoms with Crippen LogP contribution in [0.2, 0.25) is 0 Å². The van der Waals surface area contributed by atoms with E-state index in [2.05, 4.69) is 66.8 Å². The number of benzene rings is 2. The van der Waals surface area contributed by atoms with E-state index in [-0.39, 0.29) is 0 Å². The lowest BCUT2D eigenvalue weighted by Gasteiger charge is -2.38. The zero-order chi connectivity index (χ0) is 22.0. The molecule has 2 aromatic carbocycles. The van der Waals surface area contributed by atoms with Crippen molar-refractivity contribution >= 4 is 10.8 Å². The molecule has 0 unspecified atom stereocenters. The van der Waals surface area contributed by atoms with Crippen molar-refractivity contribution in [3.05, 3.63) is 83.3 Å². The number of pyridine rings is 2. The molecule has 2 aromatic heterocycles. The Bertz CT molecular complexity index is 1370. The Morgan fingerprint density at radius 3 is 2.39 bits per heavy atom. The summed E-state index contributed by atoms with van der Waals surface area (Å²) in [6, 6.07) is 16.2. The molecule has 0 atom stereocenters. The van der Waals surface area contributed by atoms with Crippen LogP contribution in [-0.2, 0) is 7.05 Å². The molecule has 0 radical (unpaired) electrons. The molecule has 3 aliphatic carbocycles. The van der Waals surface area contributed by atoms with E-state index in [1.165, 1.54) is 42.5 Å². The van der Waals surface area contributed by atoms with Gasteiger partial charge in [0.15, 0.2) is 5.69 Å². The molecule has 3 aliphatic rings. The highest BCUT2D eigenvalue weighted by atomic mass is 14.9. The van der Waals surface area contributed by atoms with Crippen LogP contribution >= 0.6 is 0 Å². The maximum atomic E-state index is 8.88. The van der Waals surface area contributed by atoms with Crippen molar-refractivity contribution in [1.29, 1.82) is 0 Å². The van der Waals surface area contributed by atoms with Gasteiger partial charge in [-0.25, -0.2) is 0 Å². The predicted octanol–water partition coefficient (Wildman–Crippen LogP) is 6.76. The predicted molar refractivity (Wildman–Crippen MR) is 127 cm³/mol. The molecule has 2 bridgehead atoms. The summed E-state index contributed by atoms with van der Waals surface area (Å²) < 4.78 is 11.1. The first-order valence-electron chi connectivity index (χ1n) is 12.0. The average Bonchev–Trinajstić information content (AvgIpc) is 2.84. The minimum absolute atomic E-state index is 0.603. The Morgan fingerprint density at radius 2 is 1.68 bits per heavy atom. The van der Waals surface area contributed by atoms with Gasteiger partial charge >= 0.3 is 0 Å². The van der Waals surface area contributed by atoms with Crippen LogP contribution in [0.15, 0.2) is 60.9 Å². The van der Waals surface area contributed by atoms with Crippen LogP contribution in [0, 0.1) is 13.8 Å². The molecule has 4 aromatic rings. The van der Waals surface area contributed by atoms with Crippen LogP contribution < -0.4 is 4.57 Å². The van der Waals surface area contributed by atoms with Crippen LogP contribution in [0.3, 0.4) is 0 Å². The number of hydrogen-bond donors (Lipinski definition) is 0. The first-order valence-corrected chi connectivity index (χ1v) is 11.5. The number of hydrogen-bond acceptors (Lipinski definition) is 1. The Hall–Kier alpha value is -3.00. The van der Waals surface area contributed by atoms with Gasteiger partial charge in [-0.2, -0.15) is 4.57 Å². The summed E-state index contributed by atoms with van der Waals surface area (Å²) in [4.78, 5) is 4.28. The lowest BCUT2D eigenvalue weighted by molar-refractivity contribution is -0.665. The second-order valence-electron chi connectivity index (χ2n) is 9.46. The van der Waals surface area contributed by atoms with E-state index in [1.54, 1.807) is 17.3 Å². The number of rotatable bonds is 2. The fraction of sp³-hybridized carbons (Fsp3) is 0.310. The molecule has 0 spiro atoms. The van der Waals surface area contributed by atoms with Crippen molar-refractivity contribution < 1.29 is 5.94 Å². The molecule has 0 amide bonds. The van der Waals surface area contributed by atoms with E-state index in [0.717, 1.165) is 39.4 Å². The normalized spacial score (nSPS) is 20.0. The number of aromatic nitrogens is 2. The molecular formula is C29H29N2+. The fourth-order valence-corrected chi connectivity index (χ4v) is 5.94. The minimum Gasteiger partial charge on any atom is -0.264 e. The van der Waals surface area contributed by atoms with Gasteiger partial charge in [-0.15, -0.1) is 0 Å². The van der Waals surface area contributed by atoms with Crippen LogP contribution in [0.4, 0.5) is 0 Å². The highest BCUT2D eigenvalue weighted by Crippen LogP contribution is 2.50. The molecule has 1 saturated carbocycles. The van der Waals surface area contributed by atoms with Gasteiger partial charge < -0.3 is 0 Å². The summed E-state index contributed by atoms with van der Waals surface area (Å²) in [5.41, 5.74) is 10.3. The van der Waals surface area contributed by atoms with Crippen molar-refractivity contribution in [2.45, 2.75) is 51.4 Å². The molecule has 2 heterocycles. The van der Waals surface area contributed by atoms with Crippen LogP contribution in [0.1, 0.15) is 61.3 Å². The van der Waals surface area contributed by atoms with E-state index in [4.69, 9.17) is 1.37 Å². The first kappa shape index (κ1) is 17.7. The van der Waals surface area contributed by atoms with Gasteiger partial charge in [-0.1, -0.05) is 18.2 Å². The monoisotopic (exact) mass is 406 g/mol. The first-order chi connectivity index (χ1) is 15.5. The average molecular weight is 407 g/mol. The highest BCUT2D eigenvalue weighted by molar-refractivity contribution is 5.96. The molecular weight excluding hydrogens is 376 g/mol. The third-order valence-electron chi connectivity index (χ3n) is 7.72. The third-order valence-corrected chi connectivity index (χ3v) is 7.72. The zero-order valence-corrected chi connectivity index (χ0v) is 18.6. The number of aryl methyl sites for hydroxylation is 1. The van der Waals surface area contributed by atoms with E-state index < -0.39 is 0 Å². The summed E-state index contributed by atoms with van der Waals surface area (Å²) >= 11 is 0. The summed E-state index contributed by atoms with van der Waals surface area (Å²) in [6.07, 6.45) is 9.09. The van der Waals surface area contributed by atoms with E-state index in [0.29, 0.717) is 6.04 Å². The molecule has 0 saturated heterocycles. The van der Waals surface area contributed by atoms with Crippen molar-refractivity contribution in [1.82, 2.24) is 4.98 Å². The Balaban J connectivity index is 1.61. The van der Waals surface area contributed by atoms with E-state index >= 15 is 0 Å². The molecule has 7 rings (SSSR count). The zero-order valence-electron chi connectivity index (χ0n) is 19.6. The van der Waals surface area contributed by atoms with Gasteiger partial charge in [0.1, 0.15) is 7.05 Å². The van der Waals surface area contributed by atoms with Crippen LogP contribution in [0.25, 0.3) is 33.2 Å². The van der Waals surface area contributed by atoms with Gasteiger partial charge in [-0.3, -0.25) is 4.98 Å². The lowest BCUT2D eigenvalue weighted by atomic mass is 9.66. The standard InChI is InChI=1S/C29H29N2/c1-18-13-27-20-6-8-21(9-7-20)28(27)16-26(18)29-25-11-10-22(23-5-4-12-30-17-23)15-24(25)14-19(2)31(29)3/h4-5,10-17,20-21H,6-9H2,1-3H3/q+1/i14D. The lowest BCUT2D eigenvalue weighted by Crippen LogP contribution is -2.35. The molecule has 31 heavy (non-hydrogen) atoms. The van der Waals surface area contributed by atoms with E-state index in [1.807, 2.05) is 12.3 Å². The van der Waals surface area contributed by atoms with Gasteiger partial charge in [-0.05, 0) is 96.3 Å². The number of nitrogens with zero attached hydrogens (tertiary/aromatic N) is 2. The molecule has 154 valence electrons. The topological polar surface area (TPSA) is 16.8 Å². The maximum absolute atomic E-state index is 8.88. The van der Waals surface area contributed by atoms with Gasteiger partial charge in [0.25, 0.3) is 0 Å². The Kier molecular flexibility index (Phi) is 4.00. The van der Waals surface area contributed by atoms with Crippen LogP contribution in [-0.4, -0.2) is 4.98 Å². The SMILES string of the molecule is [2H]c1c(C)[n+](C)c(-c2cc3c(cc2C)C2CCC3CC2)c2ccc(-c3cccnc3)cc12. The second kappa shape index (κ2) is 7.02. The van der Waals surface area contributed by atoms with Gasteiger partial charge in [0, 0.05) is 30.9 Å². The largest absolute Gasteiger partial charge is 0.264 e. The summed E-state index contributed by atoms with van der Waals surface area (Å²) in [7, 11) is 2.11. The quantitative estimate of drug-likeness (QED) is 0.336. The summed E-state index contributed by atoms with van der Waals surface area (Å²) in [5.74, 6) is 1.48. The summed E-state index contributed by atoms with van der Waals surface area (Å²) in [5, 5.41) is 2.16.